The third-order valence-corrected chi connectivity index (χ3v) is 3.32. The van der Waals surface area contributed by atoms with Crippen molar-refractivity contribution in [3.05, 3.63) is 42.0 Å². The van der Waals surface area contributed by atoms with Crippen LogP contribution in [0.1, 0.15) is 22.3 Å². The number of methoxy groups -OCH3 is 1. The van der Waals surface area contributed by atoms with E-state index in [2.05, 4.69) is 20.6 Å². The van der Waals surface area contributed by atoms with Crippen molar-refractivity contribution in [1.82, 2.24) is 25.2 Å². The van der Waals surface area contributed by atoms with E-state index in [4.69, 9.17) is 9.26 Å². The molecule has 1 atom stereocenters. The van der Waals surface area contributed by atoms with Crippen molar-refractivity contribution in [1.29, 1.82) is 0 Å². The number of carbonyl (C=O) groups excluding carboxylic acids is 1. The monoisotopic (exact) mass is 301 g/mol. The molecule has 8 heteroatoms. The van der Waals surface area contributed by atoms with Gasteiger partial charge in [0, 0.05) is 26.6 Å². The highest BCUT2D eigenvalue weighted by atomic mass is 16.5. The van der Waals surface area contributed by atoms with Gasteiger partial charge in [0.2, 0.25) is 11.4 Å². The minimum Gasteiger partial charge on any atom is -0.382 e. The lowest BCUT2D eigenvalue weighted by Crippen LogP contribution is -2.32. The number of nitrogens with one attached hydrogen (secondary N) is 1. The molecule has 3 aromatic rings. The van der Waals surface area contributed by atoms with Crippen LogP contribution in [0.5, 0.6) is 0 Å². The van der Waals surface area contributed by atoms with E-state index in [1.54, 1.807) is 43.4 Å². The SMILES string of the molecule is COCC(NC(=O)c1onc2ncccc12)c1ccnn1C. The summed E-state index contributed by atoms with van der Waals surface area (Å²) in [5.41, 5.74) is 1.23. The maximum Gasteiger partial charge on any atom is 0.291 e. The molecule has 0 spiro atoms. The van der Waals surface area contributed by atoms with Crippen LogP contribution in [-0.2, 0) is 11.8 Å². The van der Waals surface area contributed by atoms with Gasteiger partial charge in [-0.3, -0.25) is 9.48 Å². The molecular weight excluding hydrogens is 286 g/mol. The second kappa shape index (κ2) is 5.94. The summed E-state index contributed by atoms with van der Waals surface area (Å²) in [6, 6.07) is 4.94. The smallest absolute Gasteiger partial charge is 0.291 e. The van der Waals surface area contributed by atoms with E-state index in [0.29, 0.717) is 17.6 Å². The third kappa shape index (κ3) is 2.56. The standard InChI is InChI=1S/C14H15N5O3/c1-19-11(5-7-16-19)10(8-21-2)17-14(20)12-9-4-3-6-15-13(9)18-22-12/h3-7,10H,8H2,1-2H3,(H,17,20). The van der Waals surface area contributed by atoms with Crippen molar-refractivity contribution in [2.75, 3.05) is 13.7 Å². The summed E-state index contributed by atoms with van der Waals surface area (Å²) in [4.78, 5) is 16.5. The van der Waals surface area contributed by atoms with Gasteiger partial charge in [-0.25, -0.2) is 4.98 Å². The zero-order valence-electron chi connectivity index (χ0n) is 12.2. The van der Waals surface area contributed by atoms with Gasteiger partial charge >= 0.3 is 0 Å². The van der Waals surface area contributed by atoms with Crippen LogP contribution in [0.4, 0.5) is 0 Å². The molecule has 0 saturated heterocycles. The minimum atomic E-state index is -0.376. The topological polar surface area (TPSA) is 95.1 Å². The van der Waals surface area contributed by atoms with E-state index in [0.717, 1.165) is 5.69 Å². The highest BCUT2D eigenvalue weighted by molar-refractivity contribution is 6.02. The molecule has 0 aromatic carbocycles. The third-order valence-electron chi connectivity index (χ3n) is 3.32. The Morgan fingerprint density at radius 1 is 1.45 bits per heavy atom. The Morgan fingerprint density at radius 3 is 3.05 bits per heavy atom. The van der Waals surface area contributed by atoms with Crippen molar-refractivity contribution in [2.45, 2.75) is 6.04 Å². The van der Waals surface area contributed by atoms with E-state index >= 15 is 0 Å². The summed E-state index contributed by atoms with van der Waals surface area (Å²) >= 11 is 0. The summed E-state index contributed by atoms with van der Waals surface area (Å²) in [5.74, 6) is -0.245. The summed E-state index contributed by atoms with van der Waals surface area (Å²) in [7, 11) is 3.38. The Labute approximate surface area is 126 Å². The van der Waals surface area contributed by atoms with Crippen LogP contribution >= 0.6 is 0 Å². The summed E-state index contributed by atoms with van der Waals surface area (Å²) in [6.45, 7) is 0.315. The van der Waals surface area contributed by atoms with E-state index < -0.39 is 0 Å². The maximum atomic E-state index is 12.5. The van der Waals surface area contributed by atoms with Gasteiger partial charge in [0.1, 0.15) is 0 Å². The Kier molecular flexibility index (Phi) is 3.84. The molecule has 8 nitrogen and oxygen atoms in total. The lowest BCUT2D eigenvalue weighted by molar-refractivity contribution is 0.0858. The normalized spacial score (nSPS) is 12.5. The number of fused-ring (bicyclic) bond motifs is 1. The zero-order valence-corrected chi connectivity index (χ0v) is 12.2. The molecule has 1 N–H and O–H groups in total. The first kappa shape index (κ1) is 14.2. The molecule has 0 aliphatic heterocycles. The van der Waals surface area contributed by atoms with Crippen molar-refractivity contribution >= 4 is 16.9 Å². The quantitative estimate of drug-likeness (QED) is 0.757. The first-order chi connectivity index (χ1) is 10.7. The number of nitrogens with zero attached hydrogens (tertiary/aromatic N) is 4. The highest BCUT2D eigenvalue weighted by Gasteiger charge is 2.23. The van der Waals surface area contributed by atoms with Gasteiger partial charge in [-0.2, -0.15) is 5.10 Å². The molecule has 0 saturated carbocycles. The fourth-order valence-corrected chi connectivity index (χ4v) is 2.27. The van der Waals surface area contributed by atoms with Crippen LogP contribution < -0.4 is 5.32 Å². The lowest BCUT2D eigenvalue weighted by atomic mass is 10.2. The number of ether oxygens (including phenoxy) is 1. The summed E-state index contributed by atoms with van der Waals surface area (Å²) in [5, 5.41) is 11.3. The molecule has 1 unspecified atom stereocenters. The molecule has 114 valence electrons. The lowest BCUT2D eigenvalue weighted by Gasteiger charge is -2.17. The molecule has 0 radical (unpaired) electrons. The first-order valence-corrected chi connectivity index (χ1v) is 6.69. The van der Waals surface area contributed by atoms with Crippen LogP contribution in [0.2, 0.25) is 0 Å². The predicted molar refractivity (Wildman–Crippen MR) is 77.1 cm³/mol. The molecule has 1 amide bonds. The molecule has 3 rings (SSSR count). The Morgan fingerprint density at radius 2 is 2.32 bits per heavy atom. The Bertz CT molecular complexity index is 794. The van der Waals surface area contributed by atoms with Crippen LogP contribution in [-0.4, -0.2) is 39.5 Å². The maximum absolute atomic E-state index is 12.5. The first-order valence-electron chi connectivity index (χ1n) is 6.69. The number of pyridine rings is 1. The average Bonchev–Trinajstić information content (AvgIpc) is 3.12. The Balaban J connectivity index is 1.87. The van der Waals surface area contributed by atoms with Crippen LogP contribution in [0, 0.1) is 0 Å². The second-order valence-corrected chi connectivity index (χ2v) is 4.75. The average molecular weight is 301 g/mol. The largest absolute Gasteiger partial charge is 0.382 e. The van der Waals surface area contributed by atoms with Gasteiger partial charge in [0.15, 0.2) is 0 Å². The van der Waals surface area contributed by atoms with Gasteiger partial charge in [-0.1, -0.05) is 5.16 Å². The van der Waals surface area contributed by atoms with Crippen molar-refractivity contribution < 1.29 is 14.1 Å². The number of amides is 1. The van der Waals surface area contributed by atoms with Gasteiger partial charge < -0.3 is 14.6 Å². The zero-order chi connectivity index (χ0) is 15.5. The predicted octanol–water partition coefficient (Wildman–Crippen LogP) is 1.07. The molecule has 0 aliphatic rings. The van der Waals surface area contributed by atoms with Gasteiger partial charge in [0.05, 0.1) is 23.7 Å². The molecular formula is C14H15N5O3. The number of aromatic nitrogens is 4. The van der Waals surface area contributed by atoms with Crippen LogP contribution in [0.15, 0.2) is 35.1 Å². The fourth-order valence-electron chi connectivity index (χ4n) is 2.27. The minimum absolute atomic E-state index is 0.131. The molecule has 0 fully saturated rings. The van der Waals surface area contributed by atoms with E-state index in [1.807, 2.05) is 6.07 Å². The Hall–Kier alpha value is -2.74. The summed E-state index contributed by atoms with van der Waals surface area (Å²) < 4.78 is 12.0. The van der Waals surface area contributed by atoms with E-state index in [9.17, 15) is 4.79 Å². The number of aryl methyl sites for hydroxylation is 1. The molecule has 22 heavy (non-hydrogen) atoms. The van der Waals surface area contributed by atoms with E-state index in [-0.39, 0.29) is 17.7 Å². The molecule has 3 heterocycles. The molecule has 0 bridgehead atoms. The molecule has 0 aliphatic carbocycles. The summed E-state index contributed by atoms with van der Waals surface area (Å²) in [6.07, 6.45) is 3.26. The van der Waals surface area contributed by atoms with Crippen LogP contribution in [0.25, 0.3) is 11.0 Å². The van der Waals surface area contributed by atoms with Gasteiger partial charge in [-0.15, -0.1) is 0 Å². The number of carbonyl (C=O) groups is 1. The number of hydrogen-bond donors (Lipinski definition) is 1. The van der Waals surface area contributed by atoms with Crippen molar-refractivity contribution in [3.63, 3.8) is 0 Å². The highest BCUT2D eigenvalue weighted by Crippen LogP contribution is 2.18. The van der Waals surface area contributed by atoms with Crippen molar-refractivity contribution in [3.8, 4) is 0 Å². The number of rotatable bonds is 5. The van der Waals surface area contributed by atoms with Gasteiger partial charge in [0.25, 0.3) is 5.91 Å². The number of hydrogen-bond acceptors (Lipinski definition) is 6. The molecule has 3 aromatic heterocycles. The van der Waals surface area contributed by atoms with Crippen LogP contribution in [0.3, 0.4) is 0 Å². The second-order valence-electron chi connectivity index (χ2n) is 4.75. The van der Waals surface area contributed by atoms with Crippen molar-refractivity contribution in [2.24, 2.45) is 7.05 Å². The van der Waals surface area contributed by atoms with Gasteiger partial charge in [-0.05, 0) is 18.2 Å². The fraction of sp³-hybridized carbons (Fsp3) is 0.286. The van der Waals surface area contributed by atoms with E-state index in [1.165, 1.54) is 0 Å².